The maximum Gasteiger partial charge on any atom is 0.243 e. The Labute approximate surface area is 105 Å². The summed E-state index contributed by atoms with van der Waals surface area (Å²) in [5.74, 6) is 0.601. The summed E-state index contributed by atoms with van der Waals surface area (Å²) in [5.41, 5.74) is 3.18. The minimum absolute atomic E-state index is 0.601. The lowest BCUT2D eigenvalue weighted by Crippen LogP contribution is -2.07. The molecule has 17 heavy (non-hydrogen) atoms. The molecule has 0 bridgehead atoms. The van der Waals surface area contributed by atoms with E-state index in [9.17, 15) is 0 Å². The molecule has 0 saturated heterocycles. The Hall–Kier alpha value is -1.49. The first-order chi connectivity index (χ1) is 8.20. The number of thiophene rings is 1. The van der Waals surface area contributed by atoms with E-state index in [4.69, 9.17) is 0 Å². The van der Waals surface area contributed by atoms with Gasteiger partial charge in [0, 0.05) is 4.88 Å². The summed E-state index contributed by atoms with van der Waals surface area (Å²) >= 11 is 1.76. The maximum atomic E-state index is 4.35. The van der Waals surface area contributed by atoms with Crippen LogP contribution < -0.4 is 5.32 Å². The highest BCUT2D eigenvalue weighted by Crippen LogP contribution is 2.18. The Balaban J connectivity index is 2.05. The van der Waals surface area contributed by atoms with Gasteiger partial charge in [0.2, 0.25) is 5.95 Å². The average molecular weight is 248 g/mol. The predicted molar refractivity (Wildman–Crippen MR) is 70.3 cm³/mol. The number of rotatable bonds is 4. The van der Waals surface area contributed by atoms with E-state index in [-0.39, 0.29) is 0 Å². The third-order valence-corrected chi connectivity index (χ3v) is 3.68. The number of nitrogens with zero attached hydrogens (tertiary/aromatic N) is 3. The summed E-state index contributed by atoms with van der Waals surface area (Å²) in [6, 6.07) is 2.17. The van der Waals surface area contributed by atoms with Crippen molar-refractivity contribution < 1.29 is 0 Å². The van der Waals surface area contributed by atoms with Crippen LogP contribution in [-0.4, -0.2) is 15.2 Å². The second-order valence-corrected chi connectivity index (χ2v) is 4.88. The number of aryl methyl sites for hydroxylation is 3. The smallest absolute Gasteiger partial charge is 0.243 e. The van der Waals surface area contributed by atoms with Crippen molar-refractivity contribution in [2.75, 3.05) is 5.32 Å². The number of hydrogen-bond donors (Lipinski definition) is 1. The fraction of sp³-hybridized carbons (Fsp3) is 0.417. The molecule has 0 aliphatic rings. The molecule has 2 heterocycles. The first-order valence-corrected chi connectivity index (χ1v) is 6.55. The Morgan fingerprint density at radius 2 is 2.06 bits per heavy atom. The highest BCUT2D eigenvalue weighted by molar-refractivity contribution is 7.10. The number of anilines is 1. The Morgan fingerprint density at radius 1 is 1.24 bits per heavy atom. The average Bonchev–Trinajstić information content (AvgIpc) is 2.78. The quantitative estimate of drug-likeness (QED) is 0.904. The van der Waals surface area contributed by atoms with Gasteiger partial charge < -0.3 is 5.32 Å². The molecular formula is C12H16N4S. The van der Waals surface area contributed by atoms with Crippen LogP contribution in [0.5, 0.6) is 0 Å². The Morgan fingerprint density at radius 3 is 2.76 bits per heavy atom. The summed E-state index contributed by atoms with van der Waals surface area (Å²) in [7, 11) is 0. The van der Waals surface area contributed by atoms with Gasteiger partial charge in [-0.2, -0.15) is 5.10 Å². The SMILES string of the molecule is CCc1ccsc1CNc1nnc(C)c(C)n1. The van der Waals surface area contributed by atoms with Gasteiger partial charge in [0.25, 0.3) is 0 Å². The van der Waals surface area contributed by atoms with Crippen LogP contribution in [0.4, 0.5) is 5.95 Å². The molecule has 0 radical (unpaired) electrons. The van der Waals surface area contributed by atoms with Crippen molar-refractivity contribution in [1.29, 1.82) is 0 Å². The van der Waals surface area contributed by atoms with Crippen LogP contribution in [0.3, 0.4) is 0 Å². The molecule has 1 N–H and O–H groups in total. The molecule has 0 aliphatic carbocycles. The number of hydrogen-bond acceptors (Lipinski definition) is 5. The fourth-order valence-electron chi connectivity index (χ4n) is 1.53. The van der Waals surface area contributed by atoms with Crippen molar-refractivity contribution in [2.24, 2.45) is 0 Å². The molecule has 0 amide bonds. The molecule has 0 aromatic carbocycles. The van der Waals surface area contributed by atoms with Crippen molar-refractivity contribution in [3.63, 3.8) is 0 Å². The van der Waals surface area contributed by atoms with Crippen LogP contribution in [0.1, 0.15) is 28.8 Å². The molecule has 90 valence electrons. The first-order valence-electron chi connectivity index (χ1n) is 5.67. The maximum absolute atomic E-state index is 4.35. The molecule has 0 spiro atoms. The molecule has 0 aliphatic heterocycles. The zero-order chi connectivity index (χ0) is 12.3. The highest BCUT2D eigenvalue weighted by atomic mass is 32.1. The molecular weight excluding hydrogens is 232 g/mol. The van der Waals surface area contributed by atoms with Crippen LogP contribution >= 0.6 is 11.3 Å². The molecule has 2 aromatic heterocycles. The Kier molecular flexibility index (Phi) is 3.68. The van der Waals surface area contributed by atoms with E-state index in [1.165, 1.54) is 10.4 Å². The van der Waals surface area contributed by atoms with Gasteiger partial charge in [-0.3, -0.25) is 0 Å². The van der Waals surface area contributed by atoms with Crippen molar-refractivity contribution in [2.45, 2.75) is 33.7 Å². The van der Waals surface area contributed by atoms with Crippen LogP contribution in [0.2, 0.25) is 0 Å². The third-order valence-electron chi connectivity index (χ3n) is 2.72. The normalized spacial score (nSPS) is 10.5. The summed E-state index contributed by atoms with van der Waals surface area (Å²) in [4.78, 5) is 5.69. The second-order valence-electron chi connectivity index (χ2n) is 3.88. The van der Waals surface area contributed by atoms with Gasteiger partial charge in [-0.25, -0.2) is 4.98 Å². The summed E-state index contributed by atoms with van der Waals surface area (Å²) in [6.07, 6.45) is 1.06. The van der Waals surface area contributed by atoms with E-state index >= 15 is 0 Å². The lowest BCUT2D eigenvalue weighted by atomic mass is 10.2. The Bertz CT molecular complexity index is 507. The van der Waals surface area contributed by atoms with E-state index in [1.807, 2.05) is 13.8 Å². The van der Waals surface area contributed by atoms with Gasteiger partial charge >= 0.3 is 0 Å². The van der Waals surface area contributed by atoms with E-state index in [1.54, 1.807) is 11.3 Å². The predicted octanol–water partition coefficient (Wildman–Crippen LogP) is 2.72. The second kappa shape index (κ2) is 5.23. The lowest BCUT2D eigenvalue weighted by molar-refractivity contribution is 0.885. The fourth-order valence-corrected chi connectivity index (χ4v) is 2.44. The molecule has 4 nitrogen and oxygen atoms in total. The zero-order valence-corrected chi connectivity index (χ0v) is 11.1. The molecule has 0 fully saturated rings. The van der Waals surface area contributed by atoms with Crippen LogP contribution in [-0.2, 0) is 13.0 Å². The summed E-state index contributed by atoms with van der Waals surface area (Å²) < 4.78 is 0. The van der Waals surface area contributed by atoms with Gasteiger partial charge in [-0.05, 0) is 37.3 Å². The van der Waals surface area contributed by atoms with Crippen molar-refractivity contribution in [1.82, 2.24) is 15.2 Å². The van der Waals surface area contributed by atoms with Crippen molar-refractivity contribution in [3.05, 3.63) is 33.3 Å². The van der Waals surface area contributed by atoms with Gasteiger partial charge in [0.1, 0.15) is 0 Å². The van der Waals surface area contributed by atoms with E-state index in [2.05, 4.69) is 38.9 Å². The highest BCUT2D eigenvalue weighted by Gasteiger charge is 2.04. The largest absolute Gasteiger partial charge is 0.348 e. The molecule has 2 aromatic rings. The minimum atomic E-state index is 0.601. The van der Waals surface area contributed by atoms with Gasteiger partial charge in [-0.15, -0.1) is 16.4 Å². The number of aromatic nitrogens is 3. The molecule has 5 heteroatoms. The van der Waals surface area contributed by atoms with Crippen molar-refractivity contribution >= 4 is 17.3 Å². The molecule has 0 saturated carbocycles. The van der Waals surface area contributed by atoms with Gasteiger partial charge in [0.15, 0.2) is 0 Å². The first kappa shape index (κ1) is 12.0. The lowest BCUT2D eigenvalue weighted by Gasteiger charge is -2.05. The topological polar surface area (TPSA) is 50.7 Å². The minimum Gasteiger partial charge on any atom is -0.348 e. The molecule has 0 atom stereocenters. The van der Waals surface area contributed by atoms with Crippen LogP contribution in [0, 0.1) is 13.8 Å². The standard InChI is InChI=1S/C12H16N4S/c1-4-10-5-6-17-11(10)7-13-12-14-8(2)9(3)15-16-12/h5-6H,4,7H2,1-3H3,(H,13,14,16). The van der Waals surface area contributed by atoms with Crippen LogP contribution in [0.25, 0.3) is 0 Å². The van der Waals surface area contributed by atoms with E-state index in [0.717, 1.165) is 24.4 Å². The van der Waals surface area contributed by atoms with Gasteiger partial charge in [-0.1, -0.05) is 6.92 Å². The number of nitrogens with one attached hydrogen (secondary N) is 1. The third kappa shape index (κ3) is 2.79. The molecule has 0 unspecified atom stereocenters. The van der Waals surface area contributed by atoms with E-state index < -0.39 is 0 Å². The molecule has 2 rings (SSSR count). The van der Waals surface area contributed by atoms with Crippen LogP contribution in [0.15, 0.2) is 11.4 Å². The van der Waals surface area contributed by atoms with Gasteiger partial charge in [0.05, 0.1) is 17.9 Å². The van der Waals surface area contributed by atoms with Crippen molar-refractivity contribution in [3.8, 4) is 0 Å². The monoisotopic (exact) mass is 248 g/mol. The summed E-state index contributed by atoms with van der Waals surface area (Å²) in [6.45, 7) is 6.79. The van der Waals surface area contributed by atoms with E-state index in [0.29, 0.717) is 5.95 Å². The summed E-state index contributed by atoms with van der Waals surface area (Å²) in [5, 5.41) is 13.4. The zero-order valence-electron chi connectivity index (χ0n) is 10.3.